The fourth-order valence-electron chi connectivity index (χ4n) is 0. The maximum absolute atomic E-state index is 0. The molecule has 0 aliphatic rings. The van der Waals surface area contributed by atoms with Crippen molar-refractivity contribution in [1.82, 2.24) is 0 Å². The van der Waals surface area contributed by atoms with Gasteiger partial charge in [-0.25, -0.2) is 0 Å². The van der Waals surface area contributed by atoms with Crippen molar-refractivity contribution in [3.8, 4) is 0 Å². The Labute approximate surface area is 119 Å². The van der Waals surface area contributed by atoms with Crippen LogP contribution in [0.4, 0.5) is 0 Å². The van der Waals surface area contributed by atoms with Gasteiger partial charge >= 0.3 is 70.4 Å². The summed E-state index contributed by atoms with van der Waals surface area (Å²) < 4.78 is 0. The van der Waals surface area contributed by atoms with Crippen LogP contribution in [-0.4, -0.2) is 74.9 Å². The van der Waals surface area contributed by atoms with Crippen LogP contribution < -0.4 is 0 Å². The molecule has 0 spiro atoms. The second-order valence-electron chi connectivity index (χ2n) is 0. The molecular formula is CdSe3TeZn. The predicted octanol–water partition coefficient (Wildman–Crippen LogP) is -1.53. The minimum absolute atomic E-state index is 0. The largest absolute Gasteiger partial charge is 2.00 e. The van der Waals surface area contributed by atoms with E-state index in [0.29, 0.717) is 0 Å². The minimum Gasteiger partial charge on any atom is -2.00 e. The SMILES string of the molecule is [Cd+2].[Se-2].[Se-2].[Se-2].[Te+2].[Zn+2]. The van der Waals surface area contributed by atoms with Crippen molar-refractivity contribution >= 4 is 74.9 Å². The monoisotopic (exact) mass is 547 g/mol. The maximum Gasteiger partial charge on any atom is 2.00 e. The normalized spacial score (nSPS) is 0. The Kier molecular flexibility index (Phi) is 314. The molecular weight excluding hydrogens is 542 g/mol. The molecule has 6 heavy (non-hydrogen) atoms. The van der Waals surface area contributed by atoms with Crippen molar-refractivity contribution < 1.29 is 46.8 Å². The van der Waals surface area contributed by atoms with E-state index in [0.717, 1.165) is 0 Å². The molecule has 0 rings (SSSR count). The van der Waals surface area contributed by atoms with Gasteiger partial charge in [-0.15, -0.1) is 0 Å². The molecule has 0 bridgehead atoms. The summed E-state index contributed by atoms with van der Waals surface area (Å²) in [5, 5.41) is 0. The molecule has 0 nitrogen and oxygen atoms in total. The maximum atomic E-state index is 0. The van der Waals surface area contributed by atoms with Crippen LogP contribution in [0.2, 0.25) is 0 Å². The molecule has 0 amide bonds. The van der Waals surface area contributed by atoms with Gasteiger partial charge in [-0.2, -0.15) is 0 Å². The topological polar surface area (TPSA) is 0 Å². The summed E-state index contributed by atoms with van der Waals surface area (Å²) in [4.78, 5) is 0. The molecule has 0 fully saturated rings. The second kappa shape index (κ2) is 36.6. The Hall–Kier alpha value is 3.89. The van der Waals surface area contributed by atoms with Crippen LogP contribution in [0, 0.1) is 0 Å². The first-order chi connectivity index (χ1) is 0. The van der Waals surface area contributed by atoms with Gasteiger partial charge in [0.25, 0.3) is 0 Å². The summed E-state index contributed by atoms with van der Waals surface area (Å²) in [7, 11) is 0. The summed E-state index contributed by atoms with van der Waals surface area (Å²) in [6.07, 6.45) is 0. The van der Waals surface area contributed by atoms with Gasteiger partial charge in [0.15, 0.2) is 0 Å². The summed E-state index contributed by atoms with van der Waals surface area (Å²) in [6, 6.07) is 0. The Morgan fingerprint density at radius 3 is 0.667 bits per heavy atom. The fraction of sp³-hybridized carbons (Fsp3) is 0. The first-order valence-electron chi connectivity index (χ1n) is 0. The Balaban J connectivity index is 0. The van der Waals surface area contributed by atoms with E-state index in [1.54, 1.807) is 0 Å². The quantitative estimate of drug-likeness (QED) is 0.327. The van der Waals surface area contributed by atoms with E-state index < -0.39 is 0 Å². The summed E-state index contributed by atoms with van der Waals surface area (Å²) >= 11 is 0. The third-order valence-corrected chi connectivity index (χ3v) is 0. The predicted molar refractivity (Wildman–Crippen MR) is 23.0 cm³/mol. The number of rotatable bonds is 0. The minimum atomic E-state index is 0. The third-order valence-electron chi connectivity index (χ3n) is 0. The number of hydrogen-bond donors (Lipinski definition) is 0. The van der Waals surface area contributed by atoms with Crippen molar-refractivity contribution in [1.29, 1.82) is 0 Å². The average Bonchev–Trinajstić information content (AvgIpc) is 0. The van der Waals surface area contributed by atoms with Crippen molar-refractivity contribution in [2.75, 3.05) is 0 Å². The van der Waals surface area contributed by atoms with Crippen LogP contribution in [0.25, 0.3) is 0 Å². The van der Waals surface area contributed by atoms with Crippen LogP contribution in [-0.2, 0) is 46.8 Å². The number of hydrogen-bond acceptors (Lipinski definition) is 0. The first-order valence-corrected chi connectivity index (χ1v) is 0. The van der Waals surface area contributed by atoms with Crippen LogP contribution >= 0.6 is 0 Å². The van der Waals surface area contributed by atoms with E-state index in [2.05, 4.69) is 0 Å². The molecule has 4 radical (unpaired) electrons. The van der Waals surface area contributed by atoms with Crippen LogP contribution in [0.5, 0.6) is 0 Å². The fourth-order valence-corrected chi connectivity index (χ4v) is 0. The molecule has 0 atom stereocenters. The molecule has 0 aromatic carbocycles. The molecule has 0 unspecified atom stereocenters. The van der Waals surface area contributed by atoms with Crippen molar-refractivity contribution in [2.24, 2.45) is 0 Å². The molecule has 0 N–H and O–H groups in total. The van der Waals surface area contributed by atoms with Crippen molar-refractivity contribution in [3.05, 3.63) is 0 Å². The van der Waals surface area contributed by atoms with Gasteiger partial charge in [-0.3, -0.25) is 0 Å². The molecule has 0 saturated heterocycles. The van der Waals surface area contributed by atoms with Gasteiger partial charge in [-0.1, -0.05) is 0 Å². The average molecular weight is 542 g/mol. The molecule has 0 aromatic rings. The Morgan fingerprint density at radius 2 is 0.667 bits per heavy atom. The zero-order valence-corrected chi connectivity index (χ0v) is 17.5. The van der Waals surface area contributed by atoms with E-state index in [9.17, 15) is 0 Å². The molecule has 6 heteroatoms. The first kappa shape index (κ1) is 51.6. The zero-order valence-electron chi connectivity index (χ0n) is 3.05. The van der Waals surface area contributed by atoms with Gasteiger partial charge in [0, 0.05) is 0 Å². The molecule has 0 aromatic heterocycles. The van der Waals surface area contributed by atoms with E-state index in [-0.39, 0.29) is 122 Å². The van der Waals surface area contributed by atoms with Crippen molar-refractivity contribution in [3.63, 3.8) is 0 Å². The van der Waals surface area contributed by atoms with Crippen LogP contribution in [0.1, 0.15) is 0 Å². The van der Waals surface area contributed by atoms with E-state index in [4.69, 9.17) is 0 Å². The summed E-state index contributed by atoms with van der Waals surface area (Å²) in [6.45, 7) is 0. The zero-order chi connectivity index (χ0) is 0. The summed E-state index contributed by atoms with van der Waals surface area (Å²) in [5.41, 5.74) is 0. The molecule has 0 saturated carbocycles. The van der Waals surface area contributed by atoms with Gasteiger partial charge in [0.2, 0.25) is 0 Å². The molecule has 0 aliphatic heterocycles. The second-order valence-corrected chi connectivity index (χ2v) is 0. The summed E-state index contributed by atoms with van der Waals surface area (Å²) in [5.74, 6) is 0. The van der Waals surface area contributed by atoms with E-state index in [1.165, 1.54) is 0 Å². The van der Waals surface area contributed by atoms with Crippen molar-refractivity contribution in [2.45, 2.75) is 0 Å². The Morgan fingerprint density at radius 1 is 0.667 bits per heavy atom. The van der Waals surface area contributed by atoms with Crippen LogP contribution in [0.15, 0.2) is 0 Å². The third kappa shape index (κ3) is 24.7. The van der Waals surface area contributed by atoms with Gasteiger partial charge in [0.1, 0.15) is 0 Å². The van der Waals surface area contributed by atoms with Gasteiger partial charge in [0.05, 0.1) is 0 Å². The Bertz CT molecular complexity index is 10.8. The van der Waals surface area contributed by atoms with Gasteiger partial charge < -0.3 is 51.2 Å². The molecule has 28 valence electrons. The van der Waals surface area contributed by atoms with Gasteiger partial charge in [-0.05, 0) is 0 Å². The van der Waals surface area contributed by atoms with E-state index in [1.807, 2.05) is 0 Å². The molecule has 0 heterocycles. The smallest absolute Gasteiger partial charge is 2.00 e. The van der Waals surface area contributed by atoms with E-state index >= 15 is 0 Å². The molecule has 0 aliphatic carbocycles. The van der Waals surface area contributed by atoms with Crippen LogP contribution in [0.3, 0.4) is 0 Å². The standard InChI is InChI=1S/Cd.3Se.Te.Zn/q+2;3*-2;2*+2.